The molecule has 1 fully saturated rings. The molecule has 21 heavy (non-hydrogen) atoms. The van der Waals surface area contributed by atoms with E-state index >= 15 is 0 Å². The number of thiocarbonyl (C=S) groups is 1. The largest absolute Gasteiger partial charge is 0.392 e. The number of aromatic nitrogens is 1. The molecule has 2 rings (SSSR count). The molecule has 1 unspecified atom stereocenters. The maximum Gasteiger partial charge on any atom is 0.246 e. The van der Waals surface area contributed by atoms with E-state index in [0.717, 1.165) is 25.7 Å². The van der Waals surface area contributed by atoms with Crippen LogP contribution in [0.3, 0.4) is 0 Å². The lowest BCUT2D eigenvalue weighted by Crippen LogP contribution is -2.48. The maximum atomic E-state index is 12.6. The first-order chi connectivity index (χ1) is 9.83. The molecule has 0 amide bonds. The van der Waals surface area contributed by atoms with Crippen molar-refractivity contribution in [1.29, 1.82) is 0 Å². The number of hydrogen-bond acceptors (Lipinski definition) is 5. The van der Waals surface area contributed by atoms with Gasteiger partial charge in [-0.2, -0.15) is 0 Å². The Bertz CT molecular complexity index is 599. The Labute approximate surface area is 130 Å². The Hall–Kier alpha value is -0.990. The number of rotatable bonds is 5. The quantitative estimate of drug-likeness (QED) is 0.798. The number of nitrogens with zero attached hydrogens (tertiary/aromatic N) is 1. The van der Waals surface area contributed by atoms with E-state index < -0.39 is 16.1 Å². The van der Waals surface area contributed by atoms with Crippen LogP contribution in [0.25, 0.3) is 0 Å². The third-order valence-corrected chi connectivity index (χ3v) is 5.88. The molecule has 0 spiro atoms. The molecule has 1 aliphatic carbocycles. The van der Waals surface area contributed by atoms with Gasteiger partial charge in [-0.25, -0.2) is 13.1 Å². The number of aryl methyl sites for hydroxylation is 2. The molecule has 0 radical (unpaired) electrons. The topological polar surface area (TPSA) is 98.2 Å². The minimum Gasteiger partial charge on any atom is -0.392 e. The second kappa shape index (κ2) is 6.41. The van der Waals surface area contributed by atoms with Crippen LogP contribution in [-0.2, 0) is 10.0 Å². The molecule has 1 atom stereocenters. The average Bonchev–Trinajstić information content (AvgIpc) is 2.77. The van der Waals surface area contributed by atoms with Gasteiger partial charge in [0, 0.05) is 0 Å². The van der Waals surface area contributed by atoms with Gasteiger partial charge in [0.05, 0.1) is 11.0 Å². The number of sulfonamides is 1. The van der Waals surface area contributed by atoms with Crippen LogP contribution in [0.2, 0.25) is 0 Å². The Morgan fingerprint density at radius 3 is 2.48 bits per heavy atom. The Balaban J connectivity index is 2.25. The van der Waals surface area contributed by atoms with Gasteiger partial charge in [0.1, 0.15) is 10.6 Å². The van der Waals surface area contributed by atoms with Crippen molar-refractivity contribution in [3.05, 3.63) is 11.5 Å². The molecule has 118 valence electrons. The Morgan fingerprint density at radius 1 is 1.38 bits per heavy atom. The van der Waals surface area contributed by atoms with Gasteiger partial charge in [-0.15, -0.1) is 0 Å². The fourth-order valence-electron chi connectivity index (χ4n) is 2.94. The monoisotopic (exact) mass is 331 g/mol. The predicted molar refractivity (Wildman–Crippen MR) is 83.4 cm³/mol. The summed E-state index contributed by atoms with van der Waals surface area (Å²) in [6, 6.07) is -0.515. The molecular weight excluding hydrogens is 310 g/mol. The highest BCUT2D eigenvalue weighted by molar-refractivity contribution is 7.89. The van der Waals surface area contributed by atoms with Gasteiger partial charge < -0.3 is 10.3 Å². The molecule has 8 heteroatoms. The van der Waals surface area contributed by atoms with Crippen LogP contribution in [0.15, 0.2) is 9.42 Å². The molecular formula is C13H21N3O3S2. The predicted octanol–water partition coefficient (Wildman–Crippen LogP) is 1.80. The van der Waals surface area contributed by atoms with Crippen molar-refractivity contribution in [3.63, 3.8) is 0 Å². The summed E-state index contributed by atoms with van der Waals surface area (Å²) < 4.78 is 32.7. The summed E-state index contributed by atoms with van der Waals surface area (Å²) in [7, 11) is -3.75. The van der Waals surface area contributed by atoms with E-state index in [-0.39, 0.29) is 21.6 Å². The van der Waals surface area contributed by atoms with E-state index in [9.17, 15) is 8.42 Å². The van der Waals surface area contributed by atoms with E-state index in [1.807, 2.05) is 0 Å². The number of hydrogen-bond donors (Lipinski definition) is 2. The first kappa shape index (κ1) is 16.4. The van der Waals surface area contributed by atoms with Crippen molar-refractivity contribution >= 4 is 27.2 Å². The molecule has 1 aromatic rings. The molecule has 0 bridgehead atoms. The minimum absolute atomic E-state index is 0.0829. The van der Waals surface area contributed by atoms with Crippen LogP contribution in [0, 0.1) is 19.8 Å². The molecule has 1 heterocycles. The average molecular weight is 331 g/mol. The van der Waals surface area contributed by atoms with Crippen molar-refractivity contribution in [1.82, 2.24) is 9.88 Å². The van der Waals surface area contributed by atoms with Crippen LogP contribution in [-0.4, -0.2) is 24.6 Å². The molecule has 6 nitrogen and oxygen atoms in total. The van der Waals surface area contributed by atoms with Gasteiger partial charge in [0.25, 0.3) is 0 Å². The third kappa shape index (κ3) is 3.61. The van der Waals surface area contributed by atoms with Crippen LogP contribution in [0.1, 0.15) is 43.6 Å². The Morgan fingerprint density at radius 2 is 2.00 bits per heavy atom. The van der Waals surface area contributed by atoms with Gasteiger partial charge in [0.15, 0.2) is 5.76 Å². The first-order valence-corrected chi connectivity index (χ1v) is 8.96. The summed E-state index contributed by atoms with van der Waals surface area (Å²) >= 11 is 5.07. The van der Waals surface area contributed by atoms with E-state index in [2.05, 4.69) is 9.88 Å². The highest BCUT2D eigenvalue weighted by Crippen LogP contribution is 2.28. The van der Waals surface area contributed by atoms with Crippen molar-refractivity contribution in [2.45, 2.75) is 56.9 Å². The fraction of sp³-hybridized carbons (Fsp3) is 0.692. The highest BCUT2D eigenvalue weighted by atomic mass is 32.2. The standard InChI is InChI=1S/C13H21N3O3S2/c1-8-12(9(2)19-15-8)21(17,18)16-11(13(14)20)10-6-4-3-5-7-10/h10-11,16H,3-7H2,1-2H3,(H2,14,20). The van der Waals surface area contributed by atoms with E-state index in [1.54, 1.807) is 13.8 Å². The van der Waals surface area contributed by atoms with E-state index in [4.69, 9.17) is 22.5 Å². The summed E-state index contributed by atoms with van der Waals surface area (Å²) in [6.07, 6.45) is 5.21. The van der Waals surface area contributed by atoms with Crippen LogP contribution in [0.4, 0.5) is 0 Å². The zero-order chi connectivity index (χ0) is 15.6. The minimum atomic E-state index is -3.75. The normalized spacial score (nSPS) is 18.6. The van der Waals surface area contributed by atoms with E-state index in [0.29, 0.717) is 5.69 Å². The Kier molecular flexibility index (Phi) is 5.00. The second-order valence-electron chi connectivity index (χ2n) is 5.55. The second-order valence-corrected chi connectivity index (χ2v) is 7.67. The van der Waals surface area contributed by atoms with Crippen molar-refractivity contribution in [2.75, 3.05) is 0 Å². The van der Waals surface area contributed by atoms with Gasteiger partial charge >= 0.3 is 0 Å². The SMILES string of the molecule is Cc1noc(C)c1S(=O)(=O)NC(C(N)=S)C1CCCCC1. The maximum absolute atomic E-state index is 12.6. The van der Waals surface area contributed by atoms with Crippen molar-refractivity contribution in [3.8, 4) is 0 Å². The molecule has 0 aromatic carbocycles. The third-order valence-electron chi connectivity index (χ3n) is 3.95. The zero-order valence-corrected chi connectivity index (χ0v) is 13.9. The van der Waals surface area contributed by atoms with Gasteiger partial charge in [-0.05, 0) is 32.6 Å². The van der Waals surface area contributed by atoms with Crippen LogP contribution >= 0.6 is 12.2 Å². The van der Waals surface area contributed by atoms with Gasteiger partial charge in [0.2, 0.25) is 10.0 Å². The van der Waals surface area contributed by atoms with E-state index in [1.165, 1.54) is 6.42 Å². The molecule has 1 saturated carbocycles. The van der Waals surface area contributed by atoms with Gasteiger partial charge in [-0.1, -0.05) is 36.6 Å². The summed E-state index contributed by atoms with van der Waals surface area (Å²) in [5.74, 6) is 0.428. The first-order valence-electron chi connectivity index (χ1n) is 7.07. The lowest BCUT2D eigenvalue weighted by atomic mass is 9.84. The fourth-order valence-corrected chi connectivity index (χ4v) is 4.88. The summed E-state index contributed by atoms with van der Waals surface area (Å²) in [5.41, 5.74) is 6.11. The number of nitrogens with one attached hydrogen (secondary N) is 1. The summed E-state index contributed by atoms with van der Waals surface area (Å²) in [6.45, 7) is 3.17. The highest BCUT2D eigenvalue weighted by Gasteiger charge is 2.33. The summed E-state index contributed by atoms with van der Waals surface area (Å²) in [5, 5.41) is 3.69. The smallest absolute Gasteiger partial charge is 0.246 e. The zero-order valence-electron chi connectivity index (χ0n) is 12.3. The van der Waals surface area contributed by atoms with Gasteiger partial charge in [-0.3, -0.25) is 0 Å². The molecule has 1 aromatic heterocycles. The van der Waals surface area contributed by atoms with Crippen LogP contribution in [0.5, 0.6) is 0 Å². The molecule has 0 aliphatic heterocycles. The molecule has 3 N–H and O–H groups in total. The lowest BCUT2D eigenvalue weighted by Gasteiger charge is -2.29. The number of nitrogens with two attached hydrogens (primary N) is 1. The van der Waals surface area contributed by atoms with Crippen molar-refractivity contribution in [2.24, 2.45) is 11.7 Å². The van der Waals surface area contributed by atoms with Crippen molar-refractivity contribution < 1.29 is 12.9 Å². The summed E-state index contributed by atoms with van der Waals surface area (Å²) in [4.78, 5) is 0.275. The lowest BCUT2D eigenvalue weighted by molar-refractivity contribution is 0.330. The molecule has 0 saturated heterocycles. The molecule has 1 aliphatic rings. The van der Waals surface area contributed by atoms with Crippen LogP contribution < -0.4 is 10.5 Å².